The summed E-state index contributed by atoms with van der Waals surface area (Å²) in [5.74, 6) is -0.226. The third kappa shape index (κ3) is 4.20. The van der Waals surface area contributed by atoms with E-state index < -0.39 is 0 Å². The van der Waals surface area contributed by atoms with Crippen LogP contribution in [0.5, 0.6) is 0 Å². The molecule has 0 aromatic heterocycles. The summed E-state index contributed by atoms with van der Waals surface area (Å²) in [6.07, 6.45) is 0. The standard InChI is InChI=1S/C11H16FNOS/c1-8(7-14)15-11-4-9(6-13-2)3-10(12)5-11/h3-5,8,13-14H,6-7H2,1-2H3. The number of nitrogens with one attached hydrogen (secondary N) is 1. The zero-order chi connectivity index (χ0) is 11.3. The van der Waals surface area contributed by atoms with E-state index in [-0.39, 0.29) is 17.7 Å². The molecule has 0 aliphatic carbocycles. The lowest BCUT2D eigenvalue weighted by Crippen LogP contribution is -2.06. The fourth-order valence-corrected chi connectivity index (χ4v) is 2.20. The van der Waals surface area contributed by atoms with Crippen LogP contribution in [0, 0.1) is 5.82 Å². The Morgan fingerprint density at radius 1 is 1.47 bits per heavy atom. The highest BCUT2D eigenvalue weighted by Gasteiger charge is 2.05. The molecule has 1 aromatic carbocycles. The van der Waals surface area contributed by atoms with E-state index in [0.717, 1.165) is 10.5 Å². The van der Waals surface area contributed by atoms with E-state index in [4.69, 9.17) is 5.11 Å². The molecule has 0 saturated heterocycles. The largest absolute Gasteiger partial charge is 0.395 e. The lowest BCUT2D eigenvalue weighted by atomic mass is 10.2. The van der Waals surface area contributed by atoms with Crippen LogP contribution in [0.1, 0.15) is 12.5 Å². The maximum Gasteiger partial charge on any atom is 0.124 e. The van der Waals surface area contributed by atoms with Gasteiger partial charge in [0, 0.05) is 16.7 Å². The minimum atomic E-state index is -0.226. The Kier molecular flexibility index (Phi) is 5.08. The second-order valence-corrected chi connectivity index (χ2v) is 4.95. The molecule has 0 heterocycles. The Labute approximate surface area is 93.9 Å². The van der Waals surface area contributed by atoms with Gasteiger partial charge in [0.05, 0.1) is 6.61 Å². The second-order valence-electron chi connectivity index (χ2n) is 3.44. The van der Waals surface area contributed by atoms with Crippen LogP contribution < -0.4 is 5.32 Å². The third-order valence-corrected chi connectivity index (χ3v) is 2.97. The molecule has 4 heteroatoms. The van der Waals surface area contributed by atoms with Gasteiger partial charge in [-0.15, -0.1) is 11.8 Å². The topological polar surface area (TPSA) is 32.3 Å². The van der Waals surface area contributed by atoms with E-state index in [1.54, 1.807) is 0 Å². The molecule has 0 aliphatic heterocycles. The normalized spacial score (nSPS) is 12.8. The van der Waals surface area contributed by atoms with Gasteiger partial charge in [-0.2, -0.15) is 0 Å². The van der Waals surface area contributed by atoms with E-state index >= 15 is 0 Å². The van der Waals surface area contributed by atoms with Crippen LogP contribution >= 0.6 is 11.8 Å². The first-order valence-corrected chi connectivity index (χ1v) is 5.75. The number of rotatable bonds is 5. The summed E-state index contributed by atoms with van der Waals surface area (Å²) in [7, 11) is 1.83. The van der Waals surface area contributed by atoms with E-state index in [1.165, 1.54) is 23.9 Å². The van der Waals surface area contributed by atoms with Crippen molar-refractivity contribution in [2.24, 2.45) is 0 Å². The van der Waals surface area contributed by atoms with Crippen LogP contribution in [0.3, 0.4) is 0 Å². The van der Waals surface area contributed by atoms with Gasteiger partial charge in [-0.05, 0) is 30.8 Å². The van der Waals surface area contributed by atoms with Crippen LogP contribution in [0.2, 0.25) is 0 Å². The molecule has 1 unspecified atom stereocenters. The van der Waals surface area contributed by atoms with E-state index in [0.29, 0.717) is 6.54 Å². The van der Waals surface area contributed by atoms with E-state index in [1.807, 2.05) is 20.0 Å². The first kappa shape index (κ1) is 12.5. The molecule has 15 heavy (non-hydrogen) atoms. The maximum absolute atomic E-state index is 13.2. The number of halogens is 1. The van der Waals surface area contributed by atoms with Gasteiger partial charge in [0.2, 0.25) is 0 Å². The highest BCUT2D eigenvalue weighted by molar-refractivity contribution is 8.00. The average Bonchev–Trinajstić information content (AvgIpc) is 2.17. The third-order valence-electron chi connectivity index (χ3n) is 1.91. The van der Waals surface area contributed by atoms with Crippen LogP contribution in [0.4, 0.5) is 4.39 Å². The van der Waals surface area contributed by atoms with Crippen molar-refractivity contribution in [3.8, 4) is 0 Å². The van der Waals surface area contributed by atoms with Crippen molar-refractivity contribution in [1.82, 2.24) is 5.32 Å². The molecule has 0 radical (unpaired) electrons. The molecule has 1 atom stereocenters. The predicted molar refractivity (Wildman–Crippen MR) is 61.6 cm³/mol. The molecule has 84 valence electrons. The van der Waals surface area contributed by atoms with Crippen LogP contribution in [-0.4, -0.2) is 24.0 Å². The zero-order valence-electron chi connectivity index (χ0n) is 8.96. The molecule has 1 rings (SSSR count). The van der Waals surface area contributed by atoms with Gasteiger partial charge in [-0.25, -0.2) is 4.39 Å². The summed E-state index contributed by atoms with van der Waals surface area (Å²) < 4.78 is 13.2. The number of aliphatic hydroxyl groups is 1. The van der Waals surface area contributed by atoms with Gasteiger partial charge >= 0.3 is 0 Å². The lowest BCUT2D eigenvalue weighted by Gasteiger charge is -2.09. The van der Waals surface area contributed by atoms with Crippen molar-refractivity contribution in [1.29, 1.82) is 0 Å². The molecule has 2 N–H and O–H groups in total. The maximum atomic E-state index is 13.2. The number of benzene rings is 1. The van der Waals surface area contributed by atoms with Crippen LogP contribution in [0.15, 0.2) is 23.1 Å². The molecule has 0 spiro atoms. The SMILES string of the molecule is CNCc1cc(F)cc(SC(C)CO)c1. The van der Waals surface area contributed by atoms with Gasteiger partial charge in [-0.3, -0.25) is 0 Å². The lowest BCUT2D eigenvalue weighted by molar-refractivity contribution is 0.300. The number of hydrogen-bond donors (Lipinski definition) is 2. The van der Waals surface area contributed by atoms with Gasteiger partial charge in [0.1, 0.15) is 5.82 Å². The molecular weight excluding hydrogens is 213 g/mol. The smallest absolute Gasteiger partial charge is 0.124 e. The van der Waals surface area contributed by atoms with Crippen molar-refractivity contribution in [3.05, 3.63) is 29.6 Å². The Morgan fingerprint density at radius 2 is 2.20 bits per heavy atom. The summed E-state index contributed by atoms with van der Waals surface area (Å²) >= 11 is 1.48. The molecular formula is C11H16FNOS. The summed E-state index contributed by atoms with van der Waals surface area (Å²) in [5.41, 5.74) is 0.921. The summed E-state index contributed by atoms with van der Waals surface area (Å²) in [4.78, 5) is 0.863. The van der Waals surface area contributed by atoms with Crippen molar-refractivity contribution in [3.63, 3.8) is 0 Å². The quantitative estimate of drug-likeness (QED) is 0.758. The minimum absolute atomic E-state index is 0.0919. The Hall–Kier alpha value is -0.580. The molecule has 0 amide bonds. The van der Waals surface area contributed by atoms with Crippen molar-refractivity contribution >= 4 is 11.8 Å². The molecule has 0 aliphatic rings. The van der Waals surface area contributed by atoms with Gasteiger partial charge in [0.25, 0.3) is 0 Å². The van der Waals surface area contributed by atoms with Crippen molar-refractivity contribution in [2.45, 2.75) is 23.6 Å². The zero-order valence-corrected chi connectivity index (χ0v) is 9.77. The molecule has 2 nitrogen and oxygen atoms in total. The molecule has 1 aromatic rings. The Morgan fingerprint density at radius 3 is 2.80 bits per heavy atom. The van der Waals surface area contributed by atoms with E-state index in [9.17, 15) is 4.39 Å². The van der Waals surface area contributed by atoms with Crippen LogP contribution in [0.25, 0.3) is 0 Å². The monoisotopic (exact) mass is 229 g/mol. The summed E-state index contributed by atoms with van der Waals surface area (Å²) in [6, 6.07) is 4.95. The molecule has 0 fully saturated rings. The highest BCUT2D eigenvalue weighted by Crippen LogP contribution is 2.24. The van der Waals surface area contributed by atoms with Gasteiger partial charge < -0.3 is 10.4 Å². The number of thioether (sulfide) groups is 1. The fraction of sp³-hybridized carbons (Fsp3) is 0.455. The number of hydrogen-bond acceptors (Lipinski definition) is 3. The van der Waals surface area contributed by atoms with Crippen molar-refractivity contribution < 1.29 is 9.50 Å². The van der Waals surface area contributed by atoms with Gasteiger partial charge in [0.15, 0.2) is 0 Å². The van der Waals surface area contributed by atoms with Gasteiger partial charge in [-0.1, -0.05) is 6.92 Å². The average molecular weight is 229 g/mol. The first-order chi connectivity index (χ1) is 7.15. The highest BCUT2D eigenvalue weighted by atomic mass is 32.2. The fourth-order valence-electron chi connectivity index (χ4n) is 1.26. The van der Waals surface area contributed by atoms with Crippen LogP contribution in [-0.2, 0) is 6.54 Å². The second kappa shape index (κ2) is 6.10. The summed E-state index contributed by atoms with van der Waals surface area (Å²) in [5, 5.41) is 12.0. The Balaban J connectivity index is 2.78. The molecule has 0 saturated carbocycles. The van der Waals surface area contributed by atoms with E-state index in [2.05, 4.69) is 5.32 Å². The minimum Gasteiger partial charge on any atom is -0.395 e. The number of aliphatic hydroxyl groups excluding tert-OH is 1. The predicted octanol–water partition coefficient (Wildman–Crippen LogP) is 2.02. The first-order valence-electron chi connectivity index (χ1n) is 4.87. The molecule has 0 bridgehead atoms. The van der Waals surface area contributed by atoms with Crippen molar-refractivity contribution in [2.75, 3.05) is 13.7 Å². The summed E-state index contributed by atoms with van der Waals surface area (Å²) in [6.45, 7) is 2.66. The Bertz CT molecular complexity index is 319.